The predicted molar refractivity (Wildman–Crippen MR) is 108 cm³/mol. The third-order valence-corrected chi connectivity index (χ3v) is 4.94. The van der Waals surface area contributed by atoms with E-state index < -0.39 is 0 Å². The molecule has 150 valence electrons. The van der Waals surface area contributed by atoms with Crippen molar-refractivity contribution >= 4 is 22.6 Å². The van der Waals surface area contributed by atoms with Crippen LogP contribution in [0, 0.1) is 5.82 Å². The number of nitrogens with zero attached hydrogens (tertiary/aromatic N) is 4. The number of nitrogens with two attached hydrogens (primary N) is 1. The first kappa shape index (κ1) is 19.1. The van der Waals surface area contributed by atoms with Gasteiger partial charge in [-0.3, -0.25) is 9.69 Å². The molecule has 0 unspecified atom stereocenters. The number of carbonyl (C=O) groups excluding carboxylic acids is 1. The standard InChI is InChI=1S/C21H22FN5O2/c22-15-5-7-16(8-6-15)29-14-20(28)27-11-9-26(10-12-27)13-19-24-18-4-2-1-3-17(18)21(23)25-19/h1-8H,9-14H2,(H2,23,24,25). The van der Waals surface area contributed by atoms with Gasteiger partial charge in [0.2, 0.25) is 0 Å². The van der Waals surface area contributed by atoms with Gasteiger partial charge in [0.15, 0.2) is 6.61 Å². The molecule has 0 spiro atoms. The van der Waals surface area contributed by atoms with Crippen LogP contribution in [0.15, 0.2) is 48.5 Å². The number of benzene rings is 2. The molecule has 0 saturated carbocycles. The Morgan fingerprint density at radius 1 is 1.03 bits per heavy atom. The summed E-state index contributed by atoms with van der Waals surface area (Å²) in [4.78, 5) is 25.3. The minimum absolute atomic E-state index is 0.0596. The van der Waals surface area contributed by atoms with Crippen LogP contribution in [0.5, 0.6) is 5.75 Å². The zero-order valence-electron chi connectivity index (χ0n) is 15.9. The van der Waals surface area contributed by atoms with E-state index in [0.29, 0.717) is 37.0 Å². The lowest BCUT2D eigenvalue weighted by atomic mass is 10.2. The van der Waals surface area contributed by atoms with Gasteiger partial charge in [0.1, 0.15) is 23.2 Å². The molecule has 0 radical (unpaired) electrons. The highest BCUT2D eigenvalue weighted by Crippen LogP contribution is 2.18. The second-order valence-corrected chi connectivity index (χ2v) is 6.94. The average molecular weight is 395 g/mol. The molecule has 2 heterocycles. The molecule has 3 aromatic rings. The molecular weight excluding hydrogens is 373 g/mol. The fourth-order valence-corrected chi connectivity index (χ4v) is 3.34. The number of carbonyl (C=O) groups is 1. The lowest BCUT2D eigenvalue weighted by molar-refractivity contribution is -0.135. The van der Waals surface area contributed by atoms with E-state index in [1.54, 1.807) is 4.90 Å². The Morgan fingerprint density at radius 2 is 1.76 bits per heavy atom. The first-order chi connectivity index (χ1) is 14.1. The van der Waals surface area contributed by atoms with Crippen molar-refractivity contribution < 1.29 is 13.9 Å². The lowest BCUT2D eigenvalue weighted by Gasteiger charge is -2.34. The molecule has 29 heavy (non-hydrogen) atoms. The molecule has 1 amide bonds. The van der Waals surface area contributed by atoms with Crippen LogP contribution in [0.25, 0.3) is 10.9 Å². The van der Waals surface area contributed by atoms with E-state index in [4.69, 9.17) is 10.5 Å². The SMILES string of the molecule is Nc1nc(CN2CCN(C(=O)COc3ccc(F)cc3)CC2)nc2ccccc12. The highest BCUT2D eigenvalue weighted by atomic mass is 19.1. The van der Waals surface area contributed by atoms with Gasteiger partial charge in [0.25, 0.3) is 5.91 Å². The fraction of sp³-hybridized carbons (Fsp3) is 0.286. The molecular formula is C21H22FN5O2. The molecule has 0 bridgehead atoms. The summed E-state index contributed by atoms with van der Waals surface area (Å²) in [7, 11) is 0. The molecule has 1 fully saturated rings. The molecule has 7 nitrogen and oxygen atoms in total. The largest absolute Gasteiger partial charge is 0.484 e. The van der Waals surface area contributed by atoms with Crippen LogP contribution in [0.3, 0.4) is 0 Å². The van der Waals surface area contributed by atoms with Gasteiger partial charge < -0.3 is 15.4 Å². The van der Waals surface area contributed by atoms with E-state index in [1.165, 1.54) is 24.3 Å². The average Bonchev–Trinajstić information content (AvgIpc) is 2.74. The number of amides is 1. The van der Waals surface area contributed by atoms with E-state index in [-0.39, 0.29) is 18.3 Å². The summed E-state index contributed by atoms with van der Waals surface area (Å²) in [5, 5.41) is 0.854. The summed E-state index contributed by atoms with van der Waals surface area (Å²) in [6.45, 7) is 3.18. The van der Waals surface area contributed by atoms with E-state index in [0.717, 1.165) is 24.0 Å². The molecule has 0 aliphatic carbocycles. The third kappa shape index (κ3) is 4.60. The summed E-state index contributed by atoms with van der Waals surface area (Å²) in [5.74, 6) is 1.22. The van der Waals surface area contributed by atoms with Crippen molar-refractivity contribution in [3.05, 3.63) is 60.2 Å². The lowest BCUT2D eigenvalue weighted by Crippen LogP contribution is -2.49. The first-order valence-electron chi connectivity index (χ1n) is 9.48. The second-order valence-electron chi connectivity index (χ2n) is 6.94. The second kappa shape index (κ2) is 8.40. The van der Waals surface area contributed by atoms with Crippen LogP contribution in [0.4, 0.5) is 10.2 Å². The van der Waals surface area contributed by atoms with Crippen molar-refractivity contribution in [2.24, 2.45) is 0 Å². The molecule has 1 aliphatic rings. The highest BCUT2D eigenvalue weighted by Gasteiger charge is 2.22. The molecule has 1 aliphatic heterocycles. The number of anilines is 1. The van der Waals surface area contributed by atoms with Gasteiger partial charge in [-0.15, -0.1) is 0 Å². The van der Waals surface area contributed by atoms with Crippen LogP contribution in [-0.4, -0.2) is 58.5 Å². The van der Waals surface area contributed by atoms with Crippen LogP contribution in [-0.2, 0) is 11.3 Å². The fourth-order valence-electron chi connectivity index (χ4n) is 3.34. The summed E-state index contributed by atoms with van der Waals surface area (Å²) in [6, 6.07) is 13.3. The maximum Gasteiger partial charge on any atom is 0.260 e. The summed E-state index contributed by atoms with van der Waals surface area (Å²) >= 11 is 0. The quantitative estimate of drug-likeness (QED) is 0.712. The normalized spacial score (nSPS) is 14.9. The molecule has 2 aromatic carbocycles. The summed E-state index contributed by atoms with van der Waals surface area (Å²) in [6.07, 6.45) is 0. The molecule has 1 saturated heterocycles. The Bertz CT molecular complexity index is 1000. The number of piperazine rings is 1. The van der Waals surface area contributed by atoms with Crippen molar-refractivity contribution in [1.82, 2.24) is 19.8 Å². The molecule has 0 atom stereocenters. The number of aromatic nitrogens is 2. The smallest absolute Gasteiger partial charge is 0.260 e. The van der Waals surface area contributed by atoms with Crippen molar-refractivity contribution in [1.29, 1.82) is 0 Å². The number of nitrogen functional groups attached to an aromatic ring is 1. The predicted octanol–water partition coefficient (Wildman–Crippen LogP) is 2.07. The van der Waals surface area contributed by atoms with Crippen molar-refractivity contribution in [3.63, 3.8) is 0 Å². The van der Waals surface area contributed by atoms with Crippen molar-refractivity contribution in [2.75, 3.05) is 38.5 Å². The first-order valence-corrected chi connectivity index (χ1v) is 9.48. The van der Waals surface area contributed by atoms with E-state index in [2.05, 4.69) is 14.9 Å². The highest BCUT2D eigenvalue weighted by molar-refractivity contribution is 5.87. The Morgan fingerprint density at radius 3 is 2.52 bits per heavy atom. The Hall–Kier alpha value is -3.26. The topological polar surface area (TPSA) is 84.6 Å². The minimum atomic E-state index is -0.336. The third-order valence-electron chi connectivity index (χ3n) is 4.94. The van der Waals surface area contributed by atoms with E-state index in [1.807, 2.05) is 24.3 Å². The van der Waals surface area contributed by atoms with Gasteiger partial charge in [-0.1, -0.05) is 12.1 Å². The number of fused-ring (bicyclic) bond motifs is 1. The zero-order chi connectivity index (χ0) is 20.2. The van der Waals surface area contributed by atoms with E-state index >= 15 is 0 Å². The van der Waals surface area contributed by atoms with Gasteiger partial charge >= 0.3 is 0 Å². The van der Waals surface area contributed by atoms with E-state index in [9.17, 15) is 9.18 Å². The van der Waals surface area contributed by atoms with Gasteiger partial charge in [0.05, 0.1) is 12.1 Å². The molecule has 4 rings (SSSR count). The Labute approximate surface area is 167 Å². The summed E-state index contributed by atoms with van der Waals surface area (Å²) in [5.41, 5.74) is 6.89. The maximum atomic E-state index is 12.9. The molecule has 8 heteroatoms. The van der Waals surface area contributed by atoms with Gasteiger partial charge in [0, 0.05) is 31.6 Å². The van der Waals surface area contributed by atoms with Gasteiger partial charge in [-0.05, 0) is 36.4 Å². The van der Waals surface area contributed by atoms with Crippen LogP contribution in [0.1, 0.15) is 5.82 Å². The van der Waals surface area contributed by atoms with Gasteiger partial charge in [-0.2, -0.15) is 0 Å². The monoisotopic (exact) mass is 395 g/mol. The Kier molecular flexibility index (Phi) is 5.53. The number of hydrogen-bond acceptors (Lipinski definition) is 6. The molecule has 2 N–H and O–H groups in total. The van der Waals surface area contributed by atoms with Gasteiger partial charge in [-0.25, -0.2) is 14.4 Å². The van der Waals surface area contributed by atoms with Crippen LogP contribution in [0.2, 0.25) is 0 Å². The number of hydrogen-bond donors (Lipinski definition) is 1. The number of para-hydroxylation sites is 1. The van der Waals surface area contributed by atoms with Crippen LogP contribution >= 0.6 is 0 Å². The van der Waals surface area contributed by atoms with Crippen molar-refractivity contribution in [2.45, 2.75) is 6.54 Å². The molecule has 1 aromatic heterocycles. The van der Waals surface area contributed by atoms with Crippen LogP contribution < -0.4 is 10.5 Å². The van der Waals surface area contributed by atoms with Crippen molar-refractivity contribution in [3.8, 4) is 5.75 Å². The number of rotatable bonds is 5. The Balaban J connectivity index is 1.29. The number of ether oxygens (including phenoxy) is 1. The number of halogens is 1. The summed E-state index contributed by atoms with van der Waals surface area (Å²) < 4.78 is 18.4. The zero-order valence-corrected chi connectivity index (χ0v) is 15.9. The minimum Gasteiger partial charge on any atom is -0.484 e. The maximum absolute atomic E-state index is 12.9.